The molecule has 2 N–H and O–H groups in total. The van der Waals surface area contributed by atoms with Gasteiger partial charge in [-0.2, -0.15) is 0 Å². The van der Waals surface area contributed by atoms with Gasteiger partial charge in [-0.25, -0.2) is 9.37 Å². The van der Waals surface area contributed by atoms with E-state index < -0.39 is 11.9 Å². The van der Waals surface area contributed by atoms with E-state index in [1.54, 1.807) is 18.5 Å². The molecule has 3 nitrogen and oxygen atoms in total. The fourth-order valence-electron chi connectivity index (χ4n) is 2.29. The lowest BCUT2D eigenvalue weighted by Crippen LogP contribution is -2.18. The molecule has 0 aliphatic carbocycles. The molecule has 1 unspecified atom stereocenters. The van der Waals surface area contributed by atoms with E-state index in [1.807, 2.05) is 28.8 Å². The van der Waals surface area contributed by atoms with Crippen LogP contribution in [0.2, 0.25) is 5.02 Å². The van der Waals surface area contributed by atoms with Crippen molar-refractivity contribution in [2.45, 2.75) is 12.6 Å². The second-order valence-electron chi connectivity index (χ2n) is 4.76. The van der Waals surface area contributed by atoms with Crippen LogP contribution in [0.25, 0.3) is 11.0 Å². The normalized spacial score (nSPS) is 12.8. The summed E-state index contributed by atoms with van der Waals surface area (Å²) in [5, 5.41) is 0.0541. The molecule has 6 heteroatoms. The Labute approximate surface area is 134 Å². The summed E-state index contributed by atoms with van der Waals surface area (Å²) in [5.74, 6) is -0.483. The predicted molar refractivity (Wildman–Crippen MR) is 85.8 cm³/mol. The van der Waals surface area contributed by atoms with Crippen molar-refractivity contribution in [1.29, 1.82) is 0 Å². The van der Waals surface area contributed by atoms with Gasteiger partial charge in [0, 0.05) is 16.6 Å². The lowest BCUT2D eigenvalue weighted by molar-refractivity contribution is 0.538. The van der Waals surface area contributed by atoms with Crippen LogP contribution in [0.1, 0.15) is 11.6 Å². The lowest BCUT2D eigenvalue weighted by Gasteiger charge is -2.15. The third kappa shape index (κ3) is 2.69. The number of hydrogen-bond acceptors (Lipinski definition) is 2. The van der Waals surface area contributed by atoms with Gasteiger partial charge in [0.05, 0.1) is 28.4 Å². The highest BCUT2D eigenvalue weighted by atomic mass is 79.9. The average molecular weight is 369 g/mol. The highest BCUT2D eigenvalue weighted by Gasteiger charge is 2.17. The molecule has 0 fully saturated rings. The molecule has 0 spiro atoms. The number of halogens is 3. The topological polar surface area (TPSA) is 43.8 Å². The molecule has 3 aromatic rings. The molecule has 1 aromatic heterocycles. The van der Waals surface area contributed by atoms with E-state index in [1.165, 1.54) is 0 Å². The number of aromatic nitrogens is 2. The van der Waals surface area contributed by atoms with Gasteiger partial charge in [-0.1, -0.05) is 29.8 Å². The van der Waals surface area contributed by atoms with Crippen molar-refractivity contribution in [3.8, 4) is 0 Å². The first-order chi connectivity index (χ1) is 10.1. The second-order valence-corrected chi connectivity index (χ2v) is 5.99. The van der Waals surface area contributed by atoms with Crippen molar-refractivity contribution in [2.75, 3.05) is 0 Å². The van der Waals surface area contributed by atoms with Gasteiger partial charge in [0.1, 0.15) is 5.82 Å². The summed E-state index contributed by atoms with van der Waals surface area (Å²) in [7, 11) is 0. The molecule has 0 amide bonds. The molecular weight excluding hydrogens is 357 g/mol. The maximum Gasteiger partial charge on any atom is 0.147 e. The Balaban J connectivity index is 1.93. The standard InChI is InChI=1S/C15H12BrClFN3/c16-10-6-5-9(15(18)14(10)17)11(19)7-21-8-20-12-3-1-2-4-13(12)21/h1-6,8,11H,7,19H2. The van der Waals surface area contributed by atoms with Gasteiger partial charge in [-0.15, -0.1) is 0 Å². The number of fused-ring (bicyclic) bond motifs is 1. The van der Waals surface area contributed by atoms with Crippen LogP contribution in [-0.4, -0.2) is 9.55 Å². The van der Waals surface area contributed by atoms with Crippen molar-refractivity contribution in [3.63, 3.8) is 0 Å². The predicted octanol–water partition coefficient (Wildman–Crippen LogP) is 4.29. The first-order valence-corrected chi connectivity index (χ1v) is 7.54. The van der Waals surface area contributed by atoms with Gasteiger partial charge < -0.3 is 10.3 Å². The van der Waals surface area contributed by atoms with Gasteiger partial charge in [0.2, 0.25) is 0 Å². The summed E-state index contributed by atoms with van der Waals surface area (Å²) in [6.45, 7) is 0.426. The van der Waals surface area contributed by atoms with Crippen molar-refractivity contribution in [3.05, 3.63) is 63.6 Å². The minimum absolute atomic E-state index is 0.0541. The largest absolute Gasteiger partial charge is 0.329 e. The molecule has 0 saturated heterocycles. The Hall–Kier alpha value is -1.43. The van der Waals surface area contributed by atoms with Crippen molar-refractivity contribution >= 4 is 38.6 Å². The monoisotopic (exact) mass is 367 g/mol. The summed E-state index contributed by atoms with van der Waals surface area (Å²) in [5.41, 5.74) is 8.38. The zero-order chi connectivity index (χ0) is 15.0. The van der Waals surface area contributed by atoms with Crippen molar-refractivity contribution < 1.29 is 4.39 Å². The summed E-state index contributed by atoms with van der Waals surface area (Å²) in [4.78, 5) is 4.30. The maximum absolute atomic E-state index is 14.2. The Morgan fingerprint density at radius 2 is 2.05 bits per heavy atom. The van der Waals surface area contributed by atoms with E-state index in [2.05, 4.69) is 20.9 Å². The smallest absolute Gasteiger partial charge is 0.147 e. The van der Waals surface area contributed by atoms with E-state index in [0.717, 1.165) is 11.0 Å². The number of benzene rings is 2. The molecule has 0 aliphatic heterocycles. The molecule has 0 saturated carbocycles. The van der Waals surface area contributed by atoms with Crippen molar-refractivity contribution in [1.82, 2.24) is 9.55 Å². The van der Waals surface area contributed by atoms with Gasteiger partial charge in [0.15, 0.2) is 0 Å². The van der Waals surface area contributed by atoms with Crippen LogP contribution in [-0.2, 0) is 6.54 Å². The van der Waals surface area contributed by atoms with Gasteiger partial charge >= 0.3 is 0 Å². The number of hydrogen-bond donors (Lipinski definition) is 1. The molecular formula is C15H12BrClFN3. The Bertz CT molecular complexity index is 803. The van der Waals surface area contributed by atoms with E-state index in [-0.39, 0.29) is 5.02 Å². The Morgan fingerprint density at radius 3 is 2.86 bits per heavy atom. The minimum Gasteiger partial charge on any atom is -0.329 e. The zero-order valence-electron chi connectivity index (χ0n) is 10.9. The number of nitrogens with two attached hydrogens (primary N) is 1. The van der Waals surface area contributed by atoms with Crippen LogP contribution in [0.4, 0.5) is 4.39 Å². The SMILES string of the molecule is NC(Cn1cnc2ccccc21)c1ccc(Br)c(Cl)c1F. The number of rotatable bonds is 3. The van der Waals surface area contributed by atoms with Crippen LogP contribution in [0.15, 0.2) is 47.2 Å². The van der Waals surface area contributed by atoms with Gasteiger partial charge in [-0.05, 0) is 34.1 Å². The van der Waals surface area contributed by atoms with Crippen LogP contribution in [0.5, 0.6) is 0 Å². The molecule has 0 bridgehead atoms. The van der Waals surface area contributed by atoms with Gasteiger partial charge in [-0.3, -0.25) is 0 Å². The number of para-hydroxylation sites is 2. The molecule has 3 rings (SSSR count). The highest BCUT2D eigenvalue weighted by molar-refractivity contribution is 9.10. The average Bonchev–Trinajstić information content (AvgIpc) is 2.88. The summed E-state index contributed by atoms with van der Waals surface area (Å²) in [6.07, 6.45) is 1.71. The van der Waals surface area contributed by atoms with E-state index >= 15 is 0 Å². The first kappa shape index (κ1) is 14.5. The third-order valence-corrected chi connectivity index (χ3v) is 4.64. The van der Waals surface area contributed by atoms with E-state index in [4.69, 9.17) is 17.3 Å². The minimum atomic E-state index is -0.506. The number of nitrogens with zero attached hydrogens (tertiary/aromatic N) is 2. The molecule has 21 heavy (non-hydrogen) atoms. The summed E-state index contributed by atoms with van der Waals surface area (Å²) in [6, 6.07) is 10.6. The summed E-state index contributed by atoms with van der Waals surface area (Å²) < 4.78 is 16.6. The number of imidazole rings is 1. The Morgan fingerprint density at radius 1 is 1.29 bits per heavy atom. The summed E-state index contributed by atoms with van der Waals surface area (Å²) >= 11 is 9.10. The second kappa shape index (κ2) is 5.75. The van der Waals surface area contributed by atoms with E-state index in [0.29, 0.717) is 16.6 Å². The van der Waals surface area contributed by atoms with Gasteiger partial charge in [0.25, 0.3) is 0 Å². The third-order valence-electron chi connectivity index (χ3n) is 3.39. The maximum atomic E-state index is 14.2. The van der Waals surface area contributed by atoms with Crippen LogP contribution in [0.3, 0.4) is 0 Å². The molecule has 0 aliphatic rings. The van der Waals surface area contributed by atoms with Crippen LogP contribution < -0.4 is 5.73 Å². The van der Waals surface area contributed by atoms with Crippen molar-refractivity contribution in [2.24, 2.45) is 5.73 Å². The first-order valence-electron chi connectivity index (χ1n) is 6.37. The van der Waals surface area contributed by atoms with E-state index in [9.17, 15) is 4.39 Å². The fourth-order valence-corrected chi connectivity index (χ4v) is 2.77. The molecule has 108 valence electrons. The molecule has 1 atom stereocenters. The molecule has 1 heterocycles. The molecule has 0 radical (unpaired) electrons. The highest BCUT2D eigenvalue weighted by Crippen LogP contribution is 2.30. The van der Waals surface area contributed by atoms with Crippen LogP contribution >= 0.6 is 27.5 Å². The lowest BCUT2D eigenvalue weighted by atomic mass is 10.1. The fraction of sp³-hybridized carbons (Fsp3) is 0.133. The quantitative estimate of drug-likeness (QED) is 0.701. The van der Waals surface area contributed by atoms with Crippen LogP contribution in [0, 0.1) is 5.82 Å². The molecule has 2 aromatic carbocycles. The zero-order valence-corrected chi connectivity index (χ0v) is 13.3. The Kier molecular flexibility index (Phi) is 3.97.